The van der Waals surface area contributed by atoms with Gasteiger partial charge in [0.15, 0.2) is 5.13 Å². The quantitative estimate of drug-likeness (QED) is 0.501. The second-order valence-electron chi connectivity index (χ2n) is 6.62. The Hall–Kier alpha value is -1.96. The highest BCUT2D eigenvalue weighted by Gasteiger charge is 2.27. The van der Waals surface area contributed by atoms with Crippen LogP contribution in [-0.4, -0.2) is 36.8 Å². The molecule has 1 unspecified atom stereocenters. The fourth-order valence-electron chi connectivity index (χ4n) is 3.26. The van der Waals surface area contributed by atoms with Crippen LogP contribution in [0.1, 0.15) is 30.1 Å². The molecule has 1 saturated heterocycles. The SMILES string of the molecule is CCOc1ccc(C(=O)N(CC2CCCO2)c2nc3ccc(Br)cc3s2)cc1. The van der Waals surface area contributed by atoms with Crippen molar-refractivity contribution in [1.82, 2.24) is 4.98 Å². The smallest absolute Gasteiger partial charge is 0.260 e. The summed E-state index contributed by atoms with van der Waals surface area (Å²) in [4.78, 5) is 19.8. The Bertz CT molecular complexity index is 967. The first-order valence-electron chi connectivity index (χ1n) is 9.36. The number of rotatable bonds is 6. The summed E-state index contributed by atoms with van der Waals surface area (Å²) < 4.78 is 13.3. The number of benzene rings is 2. The van der Waals surface area contributed by atoms with Gasteiger partial charge in [0.25, 0.3) is 5.91 Å². The lowest BCUT2D eigenvalue weighted by Gasteiger charge is -2.23. The standard InChI is InChI=1S/C21H21BrN2O3S/c1-2-26-16-8-5-14(6-9-16)20(25)24(13-17-4-3-11-27-17)21-23-18-10-7-15(22)12-19(18)28-21/h5-10,12,17H,2-4,11,13H2,1H3. The average Bonchev–Trinajstić information content (AvgIpc) is 3.35. The van der Waals surface area contributed by atoms with E-state index in [1.54, 1.807) is 17.0 Å². The lowest BCUT2D eigenvalue weighted by Crippen LogP contribution is -2.37. The van der Waals surface area contributed by atoms with E-state index in [0.29, 0.717) is 23.8 Å². The molecular formula is C21H21BrN2O3S. The van der Waals surface area contributed by atoms with Crippen LogP contribution < -0.4 is 9.64 Å². The van der Waals surface area contributed by atoms with Gasteiger partial charge in [0.1, 0.15) is 5.75 Å². The highest BCUT2D eigenvalue weighted by atomic mass is 79.9. The maximum absolute atomic E-state index is 13.3. The Morgan fingerprint density at radius 1 is 1.32 bits per heavy atom. The first-order valence-corrected chi connectivity index (χ1v) is 11.0. The van der Waals surface area contributed by atoms with Gasteiger partial charge in [0, 0.05) is 16.6 Å². The molecule has 0 saturated carbocycles. The summed E-state index contributed by atoms with van der Waals surface area (Å²) in [6.45, 7) is 3.79. The van der Waals surface area contributed by atoms with E-state index in [1.165, 1.54) is 11.3 Å². The zero-order valence-electron chi connectivity index (χ0n) is 15.6. The summed E-state index contributed by atoms with van der Waals surface area (Å²) in [5, 5.41) is 0.697. The zero-order valence-corrected chi connectivity index (χ0v) is 18.0. The molecule has 28 heavy (non-hydrogen) atoms. The number of fused-ring (bicyclic) bond motifs is 1. The number of halogens is 1. The molecule has 0 aliphatic carbocycles. The molecule has 7 heteroatoms. The number of anilines is 1. The van der Waals surface area contributed by atoms with Crippen molar-refractivity contribution in [1.29, 1.82) is 0 Å². The zero-order chi connectivity index (χ0) is 19.5. The summed E-state index contributed by atoms with van der Waals surface area (Å²) in [7, 11) is 0. The third kappa shape index (κ3) is 4.21. The highest BCUT2D eigenvalue weighted by molar-refractivity contribution is 9.10. The van der Waals surface area contributed by atoms with Crippen LogP contribution >= 0.6 is 27.3 Å². The summed E-state index contributed by atoms with van der Waals surface area (Å²) in [6, 6.07) is 13.2. The van der Waals surface area contributed by atoms with Gasteiger partial charge < -0.3 is 9.47 Å². The number of carbonyl (C=O) groups is 1. The van der Waals surface area contributed by atoms with Crippen LogP contribution in [0.4, 0.5) is 5.13 Å². The second-order valence-corrected chi connectivity index (χ2v) is 8.54. The first-order chi connectivity index (χ1) is 13.6. The van der Waals surface area contributed by atoms with E-state index >= 15 is 0 Å². The van der Waals surface area contributed by atoms with E-state index in [-0.39, 0.29) is 12.0 Å². The van der Waals surface area contributed by atoms with Gasteiger partial charge in [-0.2, -0.15) is 0 Å². The molecule has 4 rings (SSSR count). The van der Waals surface area contributed by atoms with Crippen LogP contribution in [0.25, 0.3) is 10.2 Å². The average molecular weight is 461 g/mol. The van der Waals surface area contributed by atoms with E-state index in [4.69, 9.17) is 14.5 Å². The molecule has 1 fully saturated rings. The van der Waals surface area contributed by atoms with E-state index < -0.39 is 0 Å². The molecule has 2 aromatic carbocycles. The minimum atomic E-state index is -0.0725. The van der Waals surface area contributed by atoms with Gasteiger partial charge >= 0.3 is 0 Å². The lowest BCUT2D eigenvalue weighted by molar-refractivity contribution is 0.0917. The molecule has 1 atom stereocenters. The fraction of sp³-hybridized carbons (Fsp3) is 0.333. The van der Waals surface area contributed by atoms with Crippen molar-refractivity contribution in [2.45, 2.75) is 25.9 Å². The molecule has 1 aliphatic rings. The number of thiazole rings is 1. The van der Waals surface area contributed by atoms with Crippen LogP contribution in [-0.2, 0) is 4.74 Å². The maximum atomic E-state index is 13.3. The second kappa shape index (κ2) is 8.59. The number of amides is 1. The minimum Gasteiger partial charge on any atom is -0.494 e. The van der Waals surface area contributed by atoms with Crippen LogP contribution in [0.15, 0.2) is 46.9 Å². The number of ether oxygens (including phenoxy) is 2. The molecule has 1 amide bonds. The Morgan fingerprint density at radius 3 is 2.86 bits per heavy atom. The Balaban J connectivity index is 1.66. The van der Waals surface area contributed by atoms with Crippen LogP contribution in [0.2, 0.25) is 0 Å². The Labute approximate surface area is 176 Å². The van der Waals surface area contributed by atoms with Crippen molar-refractivity contribution in [3.05, 3.63) is 52.5 Å². The molecular weight excluding hydrogens is 440 g/mol. The third-order valence-electron chi connectivity index (χ3n) is 4.64. The molecule has 1 aliphatic heterocycles. The molecule has 1 aromatic heterocycles. The summed E-state index contributed by atoms with van der Waals surface area (Å²) >= 11 is 5.02. The Morgan fingerprint density at radius 2 is 2.14 bits per heavy atom. The number of nitrogens with zero attached hydrogens (tertiary/aromatic N) is 2. The van der Waals surface area contributed by atoms with Gasteiger partial charge in [0.05, 0.1) is 29.5 Å². The molecule has 5 nitrogen and oxygen atoms in total. The van der Waals surface area contributed by atoms with Gasteiger partial charge in [-0.25, -0.2) is 4.98 Å². The topological polar surface area (TPSA) is 51.7 Å². The summed E-state index contributed by atoms with van der Waals surface area (Å²) in [5.41, 5.74) is 1.50. The number of carbonyl (C=O) groups excluding carboxylic acids is 1. The molecule has 2 heterocycles. The third-order valence-corrected chi connectivity index (χ3v) is 6.17. The molecule has 0 spiro atoms. The predicted octanol–water partition coefficient (Wildman–Crippen LogP) is 5.28. The number of aromatic nitrogens is 1. The molecule has 3 aromatic rings. The van der Waals surface area contributed by atoms with E-state index in [1.807, 2.05) is 37.3 Å². The molecule has 146 valence electrons. The van der Waals surface area contributed by atoms with Gasteiger partial charge in [-0.3, -0.25) is 9.69 Å². The largest absolute Gasteiger partial charge is 0.494 e. The summed E-state index contributed by atoms with van der Waals surface area (Å²) in [5.74, 6) is 0.686. The minimum absolute atomic E-state index is 0.0467. The van der Waals surface area contributed by atoms with E-state index in [9.17, 15) is 4.79 Å². The van der Waals surface area contributed by atoms with Gasteiger partial charge in [-0.05, 0) is 62.2 Å². The number of hydrogen-bond acceptors (Lipinski definition) is 5. The van der Waals surface area contributed by atoms with Crippen LogP contribution in [0, 0.1) is 0 Å². The van der Waals surface area contributed by atoms with Crippen LogP contribution in [0.3, 0.4) is 0 Å². The van der Waals surface area contributed by atoms with E-state index in [0.717, 1.165) is 39.9 Å². The van der Waals surface area contributed by atoms with Gasteiger partial charge in [-0.15, -0.1) is 0 Å². The first kappa shape index (κ1) is 19.4. The lowest BCUT2D eigenvalue weighted by atomic mass is 10.1. The normalized spacial score (nSPS) is 16.4. The van der Waals surface area contributed by atoms with Crippen LogP contribution in [0.5, 0.6) is 5.75 Å². The predicted molar refractivity (Wildman–Crippen MR) is 116 cm³/mol. The number of hydrogen-bond donors (Lipinski definition) is 0. The van der Waals surface area contributed by atoms with Crippen molar-refractivity contribution in [3.63, 3.8) is 0 Å². The Kier molecular flexibility index (Phi) is 5.94. The van der Waals surface area contributed by atoms with E-state index in [2.05, 4.69) is 15.9 Å². The van der Waals surface area contributed by atoms with Gasteiger partial charge in [0.2, 0.25) is 0 Å². The maximum Gasteiger partial charge on any atom is 0.260 e. The van der Waals surface area contributed by atoms with Crippen molar-refractivity contribution in [2.75, 3.05) is 24.7 Å². The molecule has 0 bridgehead atoms. The van der Waals surface area contributed by atoms with Crippen molar-refractivity contribution < 1.29 is 14.3 Å². The van der Waals surface area contributed by atoms with Crippen molar-refractivity contribution >= 4 is 48.5 Å². The van der Waals surface area contributed by atoms with Gasteiger partial charge in [-0.1, -0.05) is 27.3 Å². The summed E-state index contributed by atoms with van der Waals surface area (Å²) in [6.07, 6.45) is 2.04. The fourth-order valence-corrected chi connectivity index (χ4v) is 4.78. The van der Waals surface area contributed by atoms with Crippen molar-refractivity contribution in [3.8, 4) is 5.75 Å². The highest BCUT2D eigenvalue weighted by Crippen LogP contribution is 2.32. The monoisotopic (exact) mass is 460 g/mol. The van der Waals surface area contributed by atoms with Crippen molar-refractivity contribution in [2.24, 2.45) is 0 Å². The molecule has 0 radical (unpaired) electrons. The molecule has 0 N–H and O–H groups in total.